The number of likely N-dealkylation sites (tertiary alicyclic amines) is 1. The van der Waals surface area contributed by atoms with Crippen molar-refractivity contribution < 1.29 is 13.9 Å². The van der Waals surface area contributed by atoms with E-state index in [1.807, 2.05) is 0 Å². The van der Waals surface area contributed by atoms with Gasteiger partial charge in [0.15, 0.2) is 0 Å². The first-order valence-electron chi connectivity index (χ1n) is 7.04. The summed E-state index contributed by atoms with van der Waals surface area (Å²) in [6.07, 6.45) is 0.964. The van der Waals surface area contributed by atoms with E-state index in [1.165, 1.54) is 12.1 Å². The van der Waals surface area contributed by atoms with Crippen LogP contribution >= 0.6 is 0 Å². The van der Waals surface area contributed by atoms with Crippen LogP contribution in [0.25, 0.3) is 0 Å². The minimum absolute atomic E-state index is 0.297. The lowest BCUT2D eigenvalue weighted by molar-refractivity contribution is -0.0432. The lowest BCUT2D eigenvalue weighted by Gasteiger charge is -2.45. The molecule has 3 rings (SSSR count). The highest BCUT2D eigenvalue weighted by atomic mass is 19.1. The monoisotopic (exact) mass is 278 g/mol. The van der Waals surface area contributed by atoms with Gasteiger partial charge in [0, 0.05) is 37.5 Å². The van der Waals surface area contributed by atoms with Crippen LogP contribution < -0.4 is 5.32 Å². The van der Waals surface area contributed by atoms with Crippen molar-refractivity contribution in [3.05, 3.63) is 29.6 Å². The van der Waals surface area contributed by atoms with E-state index in [9.17, 15) is 9.18 Å². The molecule has 0 bridgehead atoms. The third-order valence-corrected chi connectivity index (χ3v) is 4.33. The number of benzene rings is 1. The number of hydrogen-bond acceptors (Lipinski definition) is 3. The Morgan fingerprint density at radius 2 is 2.05 bits per heavy atom. The summed E-state index contributed by atoms with van der Waals surface area (Å²) in [5.41, 5.74) is 0.756. The molecular weight excluding hydrogens is 259 g/mol. The van der Waals surface area contributed by atoms with Crippen molar-refractivity contribution in [2.45, 2.75) is 38.3 Å². The van der Waals surface area contributed by atoms with Gasteiger partial charge < -0.3 is 9.64 Å². The van der Waals surface area contributed by atoms with E-state index >= 15 is 0 Å². The average molecular weight is 278 g/mol. The number of rotatable bonds is 1. The molecule has 108 valence electrons. The van der Waals surface area contributed by atoms with E-state index in [1.54, 1.807) is 6.07 Å². The van der Waals surface area contributed by atoms with Crippen LogP contribution in [0.5, 0.6) is 0 Å². The Balaban J connectivity index is 1.95. The summed E-state index contributed by atoms with van der Waals surface area (Å²) < 4.78 is 19.1. The summed E-state index contributed by atoms with van der Waals surface area (Å²) >= 11 is 0. The topological polar surface area (TPSA) is 41.6 Å². The molecule has 20 heavy (non-hydrogen) atoms. The zero-order chi connectivity index (χ0) is 14.3. The van der Waals surface area contributed by atoms with Gasteiger partial charge in [0.2, 0.25) is 0 Å². The van der Waals surface area contributed by atoms with Crippen molar-refractivity contribution in [3.8, 4) is 0 Å². The number of amides is 1. The SMILES string of the molecule is CC(C)N1CCC2(CC1)OC(=O)Nc1ccc(F)cc12. The van der Waals surface area contributed by atoms with Gasteiger partial charge in [0.05, 0.1) is 5.69 Å². The molecule has 1 aromatic rings. The first-order valence-corrected chi connectivity index (χ1v) is 7.04. The maximum Gasteiger partial charge on any atom is 0.412 e. The largest absolute Gasteiger partial charge is 0.438 e. The smallest absolute Gasteiger partial charge is 0.412 e. The van der Waals surface area contributed by atoms with E-state index in [4.69, 9.17) is 4.74 Å². The fourth-order valence-corrected chi connectivity index (χ4v) is 3.14. The van der Waals surface area contributed by atoms with Gasteiger partial charge in [-0.15, -0.1) is 0 Å². The van der Waals surface area contributed by atoms with Crippen molar-refractivity contribution >= 4 is 11.8 Å². The second-order valence-electron chi connectivity index (χ2n) is 5.83. The fourth-order valence-electron chi connectivity index (χ4n) is 3.14. The molecule has 2 aliphatic rings. The van der Waals surface area contributed by atoms with E-state index in [0.717, 1.165) is 18.7 Å². The second-order valence-corrected chi connectivity index (χ2v) is 5.83. The standard InChI is InChI=1S/C15H19FN2O2/c1-10(2)18-7-5-15(6-8-18)12-9-11(16)3-4-13(12)17-14(19)20-15/h3-4,9-10H,5-8H2,1-2H3,(H,17,19). The molecule has 0 atom stereocenters. The highest BCUT2D eigenvalue weighted by Gasteiger charge is 2.44. The predicted molar refractivity (Wildman–Crippen MR) is 74.1 cm³/mol. The van der Waals surface area contributed by atoms with Crippen LogP contribution in [0.4, 0.5) is 14.9 Å². The Labute approximate surface area is 117 Å². The summed E-state index contributed by atoms with van der Waals surface area (Å²) in [6, 6.07) is 4.93. The van der Waals surface area contributed by atoms with E-state index in [0.29, 0.717) is 24.6 Å². The maximum absolute atomic E-state index is 13.6. The average Bonchev–Trinajstić information content (AvgIpc) is 2.40. The van der Waals surface area contributed by atoms with Crippen LogP contribution in [0.3, 0.4) is 0 Å². The summed E-state index contributed by atoms with van der Waals surface area (Å²) in [4.78, 5) is 14.1. The lowest BCUT2D eigenvalue weighted by atomic mass is 9.82. The molecule has 4 nitrogen and oxygen atoms in total. The summed E-state index contributed by atoms with van der Waals surface area (Å²) in [5.74, 6) is -0.297. The minimum atomic E-state index is -0.675. The molecule has 1 spiro atoms. The minimum Gasteiger partial charge on any atom is -0.438 e. The predicted octanol–water partition coefficient (Wildman–Crippen LogP) is 3.09. The highest BCUT2D eigenvalue weighted by Crippen LogP contribution is 2.43. The molecule has 2 aliphatic heterocycles. The van der Waals surface area contributed by atoms with Crippen LogP contribution in [-0.4, -0.2) is 30.1 Å². The number of piperidine rings is 1. The molecule has 1 aromatic carbocycles. The number of nitrogens with one attached hydrogen (secondary N) is 1. The second kappa shape index (κ2) is 4.74. The Hall–Kier alpha value is -1.62. The Kier molecular flexibility index (Phi) is 3.17. The Bertz CT molecular complexity index is 537. The van der Waals surface area contributed by atoms with Crippen molar-refractivity contribution in [3.63, 3.8) is 0 Å². The zero-order valence-corrected chi connectivity index (χ0v) is 11.8. The zero-order valence-electron chi connectivity index (χ0n) is 11.8. The van der Waals surface area contributed by atoms with Gasteiger partial charge >= 0.3 is 6.09 Å². The van der Waals surface area contributed by atoms with Gasteiger partial charge in [0.25, 0.3) is 0 Å². The van der Waals surface area contributed by atoms with Gasteiger partial charge in [0.1, 0.15) is 11.4 Å². The van der Waals surface area contributed by atoms with Crippen molar-refractivity contribution in [1.29, 1.82) is 0 Å². The number of nitrogens with zero attached hydrogens (tertiary/aromatic N) is 1. The van der Waals surface area contributed by atoms with Gasteiger partial charge in [-0.1, -0.05) is 0 Å². The highest BCUT2D eigenvalue weighted by molar-refractivity contribution is 5.88. The number of halogens is 1. The molecule has 1 N–H and O–H groups in total. The number of carbonyl (C=O) groups is 1. The number of fused-ring (bicyclic) bond motifs is 2. The van der Waals surface area contributed by atoms with Crippen LogP contribution in [0.1, 0.15) is 32.3 Å². The van der Waals surface area contributed by atoms with E-state index in [-0.39, 0.29) is 5.82 Å². The fraction of sp³-hybridized carbons (Fsp3) is 0.533. The van der Waals surface area contributed by atoms with Crippen molar-refractivity contribution in [1.82, 2.24) is 4.90 Å². The molecule has 0 radical (unpaired) electrons. The molecule has 5 heteroatoms. The summed E-state index contributed by atoms with van der Waals surface area (Å²) in [7, 11) is 0. The molecule has 1 fully saturated rings. The van der Waals surface area contributed by atoms with Crippen molar-refractivity contribution in [2.75, 3.05) is 18.4 Å². The Morgan fingerprint density at radius 3 is 2.70 bits per heavy atom. The van der Waals surface area contributed by atoms with Crippen LogP contribution in [0, 0.1) is 5.82 Å². The molecular formula is C15H19FN2O2. The molecule has 0 aliphatic carbocycles. The van der Waals surface area contributed by atoms with Crippen molar-refractivity contribution in [2.24, 2.45) is 0 Å². The Morgan fingerprint density at radius 1 is 1.35 bits per heavy atom. The normalized spacial score (nSPS) is 21.5. The van der Waals surface area contributed by atoms with Gasteiger partial charge in [-0.05, 0) is 32.0 Å². The summed E-state index contributed by atoms with van der Waals surface area (Å²) in [5, 5.41) is 2.65. The van der Waals surface area contributed by atoms with Crippen LogP contribution in [0.2, 0.25) is 0 Å². The van der Waals surface area contributed by atoms with Crippen LogP contribution in [0.15, 0.2) is 18.2 Å². The lowest BCUT2D eigenvalue weighted by Crippen LogP contribution is -2.49. The number of carbonyl (C=O) groups excluding carboxylic acids is 1. The number of anilines is 1. The van der Waals surface area contributed by atoms with Crippen LogP contribution in [-0.2, 0) is 10.3 Å². The molecule has 1 saturated heterocycles. The molecule has 2 heterocycles. The third kappa shape index (κ3) is 2.16. The first-order chi connectivity index (χ1) is 9.50. The van der Waals surface area contributed by atoms with Gasteiger partial charge in [-0.25, -0.2) is 9.18 Å². The van der Waals surface area contributed by atoms with E-state index in [2.05, 4.69) is 24.1 Å². The molecule has 0 unspecified atom stereocenters. The van der Waals surface area contributed by atoms with Gasteiger partial charge in [-0.2, -0.15) is 0 Å². The summed E-state index contributed by atoms with van der Waals surface area (Å²) in [6.45, 7) is 6.00. The molecule has 0 saturated carbocycles. The maximum atomic E-state index is 13.6. The van der Waals surface area contributed by atoms with Gasteiger partial charge in [-0.3, -0.25) is 5.32 Å². The molecule has 1 amide bonds. The quantitative estimate of drug-likeness (QED) is 0.858. The number of ether oxygens (including phenoxy) is 1. The van der Waals surface area contributed by atoms with E-state index < -0.39 is 11.7 Å². The first kappa shape index (κ1) is 13.4. The third-order valence-electron chi connectivity index (χ3n) is 4.33. The molecule has 0 aromatic heterocycles. The number of hydrogen-bond donors (Lipinski definition) is 1.